The number of anilines is 1. The number of benzene rings is 1. The molecule has 0 aliphatic carbocycles. The predicted molar refractivity (Wildman–Crippen MR) is 117 cm³/mol. The lowest BCUT2D eigenvalue weighted by atomic mass is 9.93. The molecule has 0 radical (unpaired) electrons. The Morgan fingerprint density at radius 1 is 1.28 bits per heavy atom. The molecule has 8 heteroatoms. The van der Waals surface area contributed by atoms with Gasteiger partial charge in [0.25, 0.3) is 0 Å². The average molecular weight is 431 g/mol. The quantitative estimate of drug-likeness (QED) is 0.586. The molecule has 3 aromatic rings. The summed E-state index contributed by atoms with van der Waals surface area (Å²) >= 11 is 7.54. The van der Waals surface area contributed by atoms with Crippen molar-refractivity contribution in [1.29, 1.82) is 0 Å². The van der Waals surface area contributed by atoms with Gasteiger partial charge in [0.1, 0.15) is 5.82 Å². The van der Waals surface area contributed by atoms with Crippen LogP contribution in [0.25, 0.3) is 10.9 Å². The van der Waals surface area contributed by atoms with Crippen LogP contribution in [0.5, 0.6) is 0 Å². The molecule has 2 aromatic heterocycles. The zero-order valence-corrected chi connectivity index (χ0v) is 17.6. The first-order valence-electron chi connectivity index (χ1n) is 9.74. The summed E-state index contributed by atoms with van der Waals surface area (Å²) in [5, 5.41) is 13.1. The molecule has 0 unspecified atom stereocenters. The van der Waals surface area contributed by atoms with Crippen LogP contribution in [-0.4, -0.2) is 45.7 Å². The van der Waals surface area contributed by atoms with Crippen LogP contribution in [0.3, 0.4) is 0 Å². The minimum atomic E-state index is -0.879. The monoisotopic (exact) mass is 430 g/mol. The van der Waals surface area contributed by atoms with E-state index in [0.29, 0.717) is 19.0 Å². The van der Waals surface area contributed by atoms with E-state index in [1.807, 2.05) is 23.6 Å². The maximum absolute atomic E-state index is 11.5. The molecule has 4 rings (SSSR count). The maximum Gasteiger partial charge on any atom is 0.407 e. The topological polar surface area (TPSA) is 69.6 Å². The van der Waals surface area contributed by atoms with E-state index in [1.54, 1.807) is 5.51 Å². The van der Waals surface area contributed by atoms with E-state index >= 15 is 0 Å². The van der Waals surface area contributed by atoms with Crippen LogP contribution in [0.4, 0.5) is 10.6 Å². The van der Waals surface area contributed by atoms with E-state index in [0.717, 1.165) is 59.8 Å². The third kappa shape index (κ3) is 4.97. The number of amides is 1. The zero-order valence-electron chi connectivity index (χ0n) is 16.0. The number of aromatic nitrogens is 2. The number of halogens is 1. The van der Waals surface area contributed by atoms with Crippen molar-refractivity contribution >= 4 is 45.8 Å². The van der Waals surface area contributed by atoms with Crippen LogP contribution in [0.2, 0.25) is 5.02 Å². The molecular weight excluding hydrogens is 408 g/mol. The summed E-state index contributed by atoms with van der Waals surface area (Å²) in [7, 11) is 0. The van der Waals surface area contributed by atoms with Crippen LogP contribution in [0.15, 0.2) is 41.2 Å². The molecule has 1 saturated heterocycles. The van der Waals surface area contributed by atoms with Crippen molar-refractivity contribution in [3.63, 3.8) is 0 Å². The van der Waals surface area contributed by atoms with Crippen LogP contribution < -0.4 is 4.90 Å². The number of hydrogen-bond donors (Lipinski definition) is 1. The summed E-state index contributed by atoms with van der Waals surface area (Å²) in [5.41, 5.74) is 3.50. The van der Waals surface area contributed by atoms with Gasteiger partial charge in [0.15, 0.2) is 0 Å². The Balaban J connectivity index is 1.31. The summed E-state index contributed by atoms with van der Waals surface area (Å²) in [6, 6.07) is 9.88. The average Bonchev–Trinajstić information content (AvgIpc) is 3.24. The molecule has 6 nitrogen and oxygen atoms in total. The first-order valence-corrected chi connectivity index (χ1v) is 11.1. The molecule has 1 aliphatic rings. The van der Waals surface area contributed by atoms with Crippen molar-refractivity contribution in [3.05, 3.63) is 51.9 Å². The smallest absolute Gasteiger partial charge is 0.407 e. The van der Waals surface area contributed by atoms with Gasteiger partial charge in [-0.1, -0.05) is 11.6 Å². The minimum Gasteiger partial charge on any atom is -0.465 e. The SMILES string of the molecule is O=C(O)N(CCC1CCN(c2ccc3cc(Cl)ccc3n2)CC1)Cc1cscn1. The first-order chi connectivity index (χ1) is 14.1. The number of thiazole rings is 1. The van der Waals surface area contributed by atoms with Crippen molar-refractivity contribution in [2.45, 2.75) is 25.8 Å². The number of fused-ring (bicyclic) bond motifs is 1. The van der Waals surface area contributed by atoms with Gasteiger partial charge >= 0.3 is 6.09 Å². The molecule has 1 fully saturated rings. The number of carbonyl (C=O) groups is 1. The van der Waals surface area contributed by atoms with Crippen molar-refractivity contribution in [2.24, 2.45) is 5.92 Å². The van der Waals surface area contributed by atoms with Gasteiger partial charge in [0.2, 0.25) is 0 Å². The highest BCUT2D eigenvalue weighted by Gasteiger charge is 2.22. The van der Waals surface area contributed by atoms with E-state index < -0.39 is 6.09 Å². The number of hydrogen-bond acceptors (Lipinski definition) is 5. The second-order valence-corrected chi connectivity index (χ2v) is 8.56. The lowest BCUT2D eigenvalue weighted by Gasteiger charge is -2.33. The highest BCUT2D eigenvalue weighted by molar-refractivity contribution is 7.07. The fourth-order valence-electron chi connectivity index (χ4n) is 3.80. The van der Waals surface area contributed by atoms with Crippen molar-refractivity contribution in [3.8, 4) is 0 Å². The standard InChI is InChI=1S/C21H23ClN4O2S/c22-17-2-3-19-16(11-17)1-4-20(24-19)25-8-5-15(6-9-25)7-10-26(21(27)28)12-18-13-29-14-23-18/h1-4,11,13-15H,5-10,12H2,(H,27,28). The van der Waals surface area contributed by atoms with E-state index in [9.17, 15) is 9.90 Å². The Bertz CT molecular complexity index is 974. The molecule has 1 N–H and O–H groups in total. The Kier molecular flexibility index (Phi) is 6.16. The van der Waals surface area contributed by atoms with E-state index in [2.05, 4.69) is 22.0 Å². The van der Waals surface area contributed by atoms with Gasteiger partial charge in [0, 0.05) is 35.4 Å². The summed E-state index contributed by atoms with van der Waals surface area (Å²) in [6.45, 7) is 2.79. The molecule has 0 saturated carbocycles. The highest BCUT2D eigenvalue weighted by atomic mass is 35.5. The van der Waals surface area contributed by atoms with E-state index in [4.69, 9.17) is 16.6 Å². The number of rotatable bonds is 6. The first kappa shape index (κ1) is 19.9. The third-order valence-corrected chi connectivity index (χ3v) is 6.36. The van der Waals surface area contributed by atoms with Gasteiger partial charge in [0.05, 0.1) is 23.3 Å². The lowest BCUT2D eigenvalue weighted by molar-refractivity contribution is 0.137. The fourth-order valence-corrected chi connectivity index (χ4v) is 4.53. The van der Waals surface area contributed by atoms with Gasteiger partial charge in [-0.05, 0) is 55.5 Å². The van der Waals surface area contributed by atoms with Crippen LogP contribution in [0.1, 0.15) is 25.0 Å². The molecule has 1 amide bonds. The van der Waals surface area contributed by atoms with Crippen LogP contribution in [-0.2, 0) is 6.54 Å². The van der Waals surface area contributed by atoms with Gasteiger partial charge in [-0.3, -0.25) is 0 Å². The summed E-state index contributed by atoms with van der Waals surface area (Å²) in [6.07, 6.45) is 2.10. The van der Waals surface area contributed by atoms with Gasteiger partial charge in [-0.25, -0.2) is 14.8 Å². The molecular formula is C21H23ClN4O2S. The van der Waals surface area contributed by atoms with Gasteiger partial charge < -0.3 is 14.9 Å². The largest absolute Gasteiger partial charge is 0.465 e. The highest BCUT2D eigenvalue weighted by Crippen LogP contribution is 2.27. The lowest BCUT2D eigenvalue weighted by Crippen LogP contribution is -2.36. The Hall–Kier alpha value is -2.38. The van der Waals surface area contributed by atoms with Crippen molar-refractivity contribution < 1.29 is 9.90 Å². The predicted octanol–water partition coefficient (Wildman–Crippen LogP) is 5.13. The van der Waals surface area contributed by atoms with Crippen LogP contribution >= 0.6 is 22.9 Å². The van der Waals surface area contributed by atoms with Crippen LogP contribution in [0, 0.1) is 5.92 Å². The summed E-state index contributed by atoms with van der Waals surface area (Å²) in [4.78, 5) is 24.3. The third-order valence-electron chi connectivity index (χ3n) is 5.49. The number of piperidine rings is 1. The molecule has 0 bridgehead atoms. The van der Waals surface area contributed by atoms with Gasteiger partial charge in [-0.2, -0.15) is 0 Å². The number of carboxylic acid groups (broad SMARTS) is 1. The Morgan fingerprint density at radius 2 is 2.10 bits per heavy atom. The zero-order chi connectivity index (χ0) is 20.2. The van der Waals surface area contributed by atoms with Gasteiger partial charge in [-0.15, -0.1) is 11.3 Å². The fraction of sp³-hybridized carbons (Fsp3) is 0.381. The minimum absolute atomic E-state index is 0.364. The second kappa shape index (κ2) is 8.97. The summed E-state index contributed by atoms with van der Waals surface area (Å²) in [5.74, 6) is 1.52. The normalized spacial score (nSPS) is 15.0. The number of pyridine rings is 1. The molecule has 0 atom stereocenters. The second-order valence-electron chi connectivity index (χ2n) is 7.41. The molecule has 152 valence electrons. The van der Waals surface area contributed by atoms with Crippen molar-refractivity contribution in [1.82, 2.24) is 14.9 Å². The molecule has 1 aromatic carbocycles. The summed E-state index contributed by atoms with van der Waals surface area (Å²) < 4.78 is 0. The maximum atomic E-state index is 11.5. The Labute approximate surface area is 178 Å². The molecule has 29 heavy (non-hydrogen) atoms. The molecule has 1 aliphatic heterocycles. The molecule has 0 spiro atoms. The van der Waals surface area contributed by atoms with E-state index in [1.165, 1.54) is 16.2 Å². The number of nitrogens with zero attached hydrogens (tertiary/aromatic N) is 4. The van der Waals surface area contributed by atoms with Crippen molar-refractivity contribution in [2.75, 3.05) is 24.5 Å². The Morgan fingerprint density at radius 3 is 2.83 bits per heavy atom. The van der Waals surface area contributed by atoms with E-state index in [-0.39, 0.29) is 0 Å². The molecule has 3 heterocycles.